The molecule has 7 nitrogen and oxygen atoms in total. The third-order valence-electron chi connectivity index (χ3n) is 10.9. The number of para-hydroxylation sites is 4. The van der Waals surface area contributed by atoms with Gasteiger partial charge in [-0.05, 0) is 65.4 Å². The molecule has 0 saturated carbocycles. The predicted molar refractivity (Wildman–Crippen MR) is 229 cm³/mol. The number of benzene rings is 6. The summed E-state index contributed by atoms with van der Waals surface area (Å²) in [6, 6.07) is 50.8. The molecule has 6 aromatic heterocycles. The molecule has 0 aliphatic rings. The van der Waals surface area contributed by atoms with Gasteiger partial charge >= 0.3 is 0 Å². The lowest BCUT2D eigenvalue weighted by Crippen LogP contribution is -2.08. The van der Waals surface area contributed by atoms with Crippen molar-refractivity contribution in [3.63, 3.8) is 0 Å². The molecule has 56 heavy (non-hydrogen) atoms. The van der Waals surface area contributed by atoms with Gasteiger partial charge in [0, 0.05) is 65.4 Å². The van der Waals surface area contributed by atoms with Crippen molar-refractivity contribution in [1.29, 1.82) is 0 Å². The van der Waals surface area contributed by atoms with Crippen LogP contribution in [0.2, 0.25) is 0 Å². The molecule has 264 valence electrons. The minimum absolute atomic E-state index is 0.717. The van der Waals surface area contributed by atoms with Gasteiger partial charge in [0.25, 0.3) is 0 Å². The second-order valence-electron chi connectivity index (χ2n) is 14.1. The van der Waals surface area contributed by atoms with Crippen molar-refractivity contribution in [2.75, 3.05) is 0 Å². The van der Waals surface area contributed by atoms with E-state index in [2.05, 4.69) is 153 Å². The highest BCUT2D eigenvalue weighted by atomic mass is 32.1. The summed E-state index contributed by atoms with van der Waals surface area (Å²) in [6.07, 6.45) is 5.80. The van der Waals surface area contributed by atoms with E-state index in [1.165, 1.54) is 10.1 Å². The zero-order chi connectivity index (χ0) is 36.7. The van der Waals surface area contributed by atoms with Crippen LogP contribution in [0.25, 0.3) is 115 Å². The van der Waals surface area contributed by atoms with E-state index in [4.69, 9.17) is 14.5 Å². The highest BCUT2D eigenvalue weighted by Gasteiger charge is 2.34. The van der Waals surface area contributed by atoms with Gasteiger partial charge in [-0.1, -0.05) is 91.0 Å². The molecule has 0 saturated heterocycles. The van der Waals surface area contributed by atoms with Gasteiger partial charge in [0.15, 0.2) is 0 Å². The summed E-state index contributed by atoms with van der Waals surface area (Å²) >= 11 is 1.78. The highest BCUT2D eigenvalue weighted by molar-refractivity contribution is 7.22. The maximum Gasteiger partial charge on any atom is 0.141 e. The number of nitrogens with zero attached hydrogens (tertiary/aromatic N) is 3. The number of fused-ring (bicyclic) bond motifs is 5. The number of thiophene rings is 1. The Morgan fingerprint density at radius 2 is 1.36 bits per heavy atom. The molecule has 0 unspecified atom stereocenters. The molecule has 0 amide bonds. The fourth-order valence-corrected chi connectivity index (χ4v) is 9.55. The van der Waals surface area contributed by atoms with Crippen LogP contribution in [0.15, 0.2) is 169 Å². The van der Waals surface area contributed by atoms with E-state index in [9.17, 15) is 0 Å². The van der Waals surface area contributed by atoms with Gasteiger partial charge in [-0.15, -0.1) is 11.3 Å². The molecule has 12 aromatic rings. The molecule has 6 heterocycles. The van der Waals surface area contributed by atoms with Crippen molar-refractivity contribution in [3.8, 4) is 61.4 Å². The summed E-state index contributed by atoms with van der Waals surface area (Å²) in [5, 5.41) is 10.8. The zero-order valence-electron chi connectivity index (χ0n) is 29.7. The molecule has 0 aliphatic heterocycles. The smallest absolute Gasteiger partial charge is 0.141 e. The average Bonchev–Trinajstić information content (AvgIpc) is 4.10. The van der Waals surface area contributed by atoms with Crippen molar-refractivity contribution in [1.82, 2.24) is 29.7 Å². The van der Waals surface area contributed by atoms with E-state index in [1.54, 1.807) is 17.6 Å². The molecule has 0 radical (unpaired) electrons. The number of aromatic amines is 3. The van der Waals surface area contributed by atoms with Crippen LogP contribution in [0.3, 0.4) is 0 Å². The van der Waals surface area contributed by atoms with E-state index >= 15 is 0 Å². The van der Waals surface area contributed by atoms with Crippen LogP contribution in [-0.4, -0.2) is 29.7 Å². The number of furan rings is 1. The average molecular weight is 739 g/mol. The maximum absolute atomic E-state index is 6.52. The largest absolute Gasteiger partial charge is 0.464 e. The first-order valence-electron chi connectivity index (χ1n) is 18.6. The van der Waals surface area contributed by atoms with E-state index in [-0.39, 0.29) is 0 Å². The highest BCUT2D eigenvalue weighted by Crippen LogP contribution is 2.56. The van der Waals surface area contributed by atoms with Gasteiger partial charge in [-0.25, -0.2) is 9.67 Å². The fourth-order valence-electron chi connectivity index (χ4n) is 8.42. The SMILES string of the molecule is c1coc(-c2c(-c3cc4ccccc4s3)c(-c3cc4ccccc4[nH]3)c(-c3[nH]cc4ccccc34)c(-n3ncc4ccccc43)c2-c2nc3ccccc3[nH]2)c1. The topological polar surface area (TPSA) is 91.2 Å². The summed E-state index contributed by atoms with van der Waals surface area (Å²) in [5.41, 5.74) is 11.5. The van der Waals surface area contributed by atoms with Crippen molar-refractivity contribution in [2.24, 2.45) is 0 Å². The fraction of sp³-hybridized carbons (Fsp3) is 0. The number of H-pyrrole nitrogens is 3. The van der Waals surface area contributed by atoms with Crippen LogP contribution in [-0.2, 0) is 0 Å². The Balaban J connectivity index is 1.39. The maximum atomic E-state index is 6.52. The second-order valence-corrected chi connectivity index (χ2v) is 15.2. The van der Waals surface area contributed by atoms with Crippen molar-refractivity contribution in [2.45, 2.75) is 0 Å². The van der Waals surface area contributed by atoms with Gasteiger partial charge < -0.3 is 19.4 Å². The Morgan fingerprint density at radius 3 is 2.20 bits per heavy atom. The summed E-state index contributed by atoms with van der Waals surface area (Å²) in [5.74, 6) is 1.45. The van der Waals surface area contributed by atoms with E-state index in [0.717, 1.165) is 105 Å². The van der Waals surface area contributed by atoms with Gasteiger partial charge in [-0.3, -0.25) is 0 Å². The summed E-state index contributed by atoms with van der Waals surface area (Å²) in [4.78, 5) is 17.9. The Labute approximate surface area is 323 Å². The van der Waals surface area contributed by atoms with Crippen LogP contribution in [0.4, 0.5) is 0 Å². The minimum atomic E-state index is 0.717. The van der Waals surface area contributed by atoms with E-state index in [1.807, 2.05) is 24.4 Å². The zero-order valence-corrected chi connectivity index (χ0v) is 30.6. The number of hydrogen-bond donors (Lipinski definition) is 3. The summed E-state index contributed by atoms with van der Waals surface area (Å²) in [7, 11) is 0. The lowest BCUT2D eigenvalue weighted by molar-refractivity contribution is 0.582. The molecule has 3 N–H and O–H groups in total. The van der Waals surface area contributed by atoms with E-state index in [0.29, 0.717) is 0 Å². The van der Waals surface area contributed by atoms with E-state index < -0.39 is 0 Å². The van der Waals surface area contributed by atoms with Crippen LogP contribution >= 0.6 is 11.3 Å². The molecule has 12 rings (SSSR count). The number of imidazole rings is 1. The Morgan fingerprint density at radius 1 is 0.589 bits per heavy atom. The Bertz CT molecular complexity index is 3350. The summed E-state index contributed by atoms with van der Waals surface area (Å²) in [6.45, 7) is 0. The standard InChI is InChI=1S/C48H30N6OS/c1-5-16-32-30(14-1)26-49-46(32)44-41(36-24-28-12-2-6-17-33(28)51-36)43(40-25-29-13-4-10-22-39(29)56-40)42(38-21-11-23-55-38)45(48-52-34-18-7-8-19-35(34)53-48)47(44)54-37-20-9-3-15-31(37)27-50-54/h1-27,49,51H,(H,52,53). The van der Waals surface area contributed by atoms with Crippen LogP contribution in [0.1, 0.15) is 0 Å². The Kier molecular flexibility index (Phi) is 6.66. The third-order valence-corrected chi connectivity index (χ3v) is 12.0. The monoisotopic (exact) mass is 738 g/mol. The van der Waals surface area contributed by atoms with Crippen LogP contribution < -0.4 is 0 Å². The molecule has 0 aliphatic carbocycles. The van der Waals surface area contributed by atoms with Crippen molar-refractivity contribution < 1.29 is 4.42 Å². The lowest BCUT2D eigenvalue weighted by Gasteiger charge is -2.25. The molecule has 0 fully saturated rings. The van der Waals surface area contributed by atoms with Gasteiger partial charge in [0.05, 0.1) is 46.0 Å². The number of rotatable bonds is 6. The molecule has 0 spiro atoms. The molecular weight excluding hydrogens is 709 g/mol. The number of hydrogen-bond acceptors (Lipinski definition) is 4. The first-order chi connectivity index (χ1) is 27.8. The first-order valence-corrected chi connectivity index (χ1v) is 19.4. The molecule has 0 bridgehead atoms. The predicted octanol–water partition coefficient (Wildman–Crippen LogP) is 13.0. The molecule has 0 atom stereocenters. The third kappa shape index (κ3) is 4.63. The quantitative estimate of drug-likeness (QED) is 0.159. The second kappa shape index (κ2) is 12.0. The minimum Gasteiger partial charge on any atom is -0.464 e. The number of nitrogens with one attached hydrogen (secondary N) is 3. The molecule has 8 heteroatoms. The van der Waals surface area contributed by atoms with Crippen LogP contribution in [0, 0.1) is 0 Å². The van der Waals surface area contributed by atoms with Crippen molar-refractivity contribution >= 4 is 65.0 Å². The van der Waals surface area contributed by atoms with Gasteiger partial charge in [-0.2, -0.15) is 5.10 Å². The normalized spacial score (nSPS) is 11.9. The van der Waals surface area contributed by atoms with Gasteiger partial charge in [0.2, 0.25) is 0 Å². The lowest BCUT2D eigenvalue weighted by atomic mass is 9.83. The summed E-state index contributed by atoms with van der Waals surface area (Å²) < 4.78 is 9.81. The van der Waals surface area contributed by atoms with Crippen LogP contribution in [0.5, 0.6) is 0 Å². The Hall–Kier alpha value is -7.42. The molecule has 6 aromatic carbocycles. The molecular formula is C48H30N6OS. The first kappa shape index (κ1) is 31.0. The van der Waals surface area contributed by atoms with Crippen molar-refractivity contribution in [3.05, 3.63) is 164 Å². The van der Waals surface area contributed by atoms with Gasteiger partial charge in [0.1, 0.15) is 11.6 Å². The number of aromatic nitrogens is 6.